The fraction of sp³-hybridized carbons (Fsp3) is 0.286. The van der Waals surface area contributed by atoms with Crippen LogP contribution in [0, 0.1) is 12.7 Å². The third-order valence-electron chi connectivity index (χ3n) is 6.52. The van der Waals surface area contributed by atoms with Gasteiger partial charge in [-0.05, 0) is 62.4 Å². The number of rotatable bonds is 7. The van der Waals surface area contributed by atoms with Crippen molar-refractivity contribution in [2.24, 2.45) is 0 Å². The summed E-state index contributed by atoms with van der Waals surface area (Å²) < 4.78 is 62.2. The maximum atomic E-state index is 14.9. The molecule has 0 unspecified atom stereocenters. The van der Waals surface area contributed by atoms with E-state index in [1.165, 1.54) is 20.1 Å². The van der Waals surface area contributed by atoms with Gasteiger partial charge in [0.05, 0.1) is 24.1 Å². The summed E-state index contributed by atoms with van der Waals surface area (Å²) in [6.07, 6.45) is -2.92. The molecule has 1 saturated heterocycles. The zero-order chi connectivity index (χ0) is 29.9. The quantitative estimate of drug-likeness (QED) is 0.226. The first-order chi connectivity index (χ1) is 20.1. The molecule has 9 nitrogen and oxygen atoms in total. The third-order valence-corrected chi connectivity index (χ3v) is 7.71. The van der Waals surface area contributed by atoms with Gasteiger partial charge in [0.1, 0.15) is 21.5 Å². The molecule has 42 heavy (non-hydrogen) atoms. The Morgan fingerprint density at radius 1 is 1.07 bits per heavy atom. The summed E-state index contributed by atoms with van der Waals surface area (Å²) in [7, 11) is 1.50. The third kappa shape index (κ3) is 6.60. The molecule has 0 atom stereocenters. The maximum absolute atomic E-state index is 14.9. The molecule has 3 N–H and O–H groups in total. The van der Waals surface area contributed by atoms with Crippen LogP contribution < -0.4 is 25.6 Å². The van der Waals surface area contributed by atoms with Crippen LogP contribution >= 0.6 is 11.3 Å². The summed E-state index contributed by atoms with van der Waals surface area (Å²) in [6, 6.07) is 10.9. The Labute approximate surface area is 243 Å². The van der Waals surface area contributed by atoms with Crippen molar-refractivity contribution >= 4 is 40.3 Å². The van der Waals surface area contributed by atoms with Gasteiger partial charge >= 0.3 is 6.18 Å². The highest BCUT2D eigenvalue weighted by Crippen LogP contribution is 2.38. The molecular formula is C28H27F4N7O2S. The number of halogens is 4. The SMILES string of the molecule is COc1ccc(Nc2ncc(-c3nc(C)c(C(=O)Nc4ccc(N5CCCNCC5)c(F)c4)s3)c(C(F)(F)F)n2)cc1. The second-order valence-electron chi connectivity index (χ2n) is 9.45. The minimum atomic E-state index is -4.82. The largest absolute Gasteiger partial charge is 0.497 e. The second-order valence-corrected chi connectivity index (χ2v) is 10.5. The van der Waals surface area contributed by atoms with Crippen molar-refractivity contribution in [1.82, 2.24) is 20.3 Å². The number of hydrogen-bond acceptors (Lipinski definition) is 9. The number of carbonyl (C=O) groups is 1. The van der Waals surface area contributed by atoms with Crippen LogP contribution in [0.1, 0.15) is 27.5 Å². The standard InChI is InChI=1S/C28H27F4N7O2S/c1-16-23(25(40)36-18-6-9-22(21(29)14-18)39-12-3-10-33-11-13-39)42-26(35-16)20-15-34-27(38-24(20)28(30,31)32)37-17-4-7-19(41-2)8-5-17/h4-9,14-15,33H,3,10-13H2,1-2H3,(H,36,40)(H,34,37,38). The minimum Gasteiger partial charge on any atom is -0.497 e. The van der Waals surface area contributed by atoms with E-state index in [4.69, 9.17) is 4.74 Å². The number of hydrogen-bond donors (Lipinski definition) is 3. The first-order valence-electron chi connectivity index (χ1n) is 13.0. The van der Waals surface area contributed by atoms with Crippen LogP contribution in [-0.4, -0.2) is 54.1 Å². The number of carbonyl (C=O) groups excluding carboxylic acids is 1. The highest BCUT2D eigenvalue weighted by molar-refractivity contribution is 7.17. The summed E-state index contributed by atoms with van der Waals surface area (Å²) in [6.45, 7) is 4.49. The van der Waals surface area contributed by atoms with Gasteiger partial charge in [0.15, 0.2) is 5.69 Å². The summed E-state index contributed by atoms with van der Waals surface area (Å²) in [5.74, 6) is -0.773. The minimum absolute atomic E-state index is 0.0720. The molecule has 1 aliphatic rings. The average molecular weight is 602 g/mol. The zero-order valence-electron chi connectivity index (χ0n) is 22.7. The predicted octanol–water partition coefficient (Wildman–Crippen LogP) is 5.87. The first-order valence-corrected chi connectivity index (χ1v) is 13.8. The molecule has 2 aromatic carbocycles. The summed E-state index contributed by atoms with van der Waals surface area (Å²) in [4.78, 5) is 27.0. The molecule has 1 fully saturated rings. The van der Waals surface area contributed by atoms with Gasteiger partial charge in [-0.3, -0.25) is 4.79 Å². The molecule has 5 rings (SSSR count). The van der Waals surface area contributed by atoms with Gasteiger partial charge in [-0.1, -0.05) is 0 Å². The highest BCUT2D eigenvalue weighted by atomic mass is 32.1. The number of benzene rings is 2. The lowest BCUT2D eigenvalue weighted by molar-refractivity contribution is -0.140. The lowest BCUT2D eigenvalue weighted by atomic mass is 10.2. The lowest BCUT2D eigenvalue weighted by Gasteiger charge is -2.23. The summed E-state index contributed by atoms with van der Waals surface area (Å²) in [5.41, 5.74) is -0.217. The smallest absolute Gasteiger partial charge is 0.434 e. The molecule has 0 saturated carbocycles. The van der Waals surface area contributed by atoms with Crippen molar-refractivity contribution in [2.45, 2.75) is 19.5 Å². The van der Waals surface area contributed by atoms with Crippen LogP contribution in [0.15, 0.2) is 48.7 Å². The van der Waals surface area contributed by atoms with Crippen LogP contribution in [0.4, 0.5) is 40.6 Å². The predicted molar refractivity (Wildman–Crippen MR) is 153 cm³/mol. The van der Waals surface area contributed by atoms with Crippen molar-refractivity contribution in [3.05, 3.63) is 70.7 Å². The second kappa shape index (κ2) is 12.3. The molecule has 14 heteroatoms. The average Bonchev–Trinajstić information content (AvgIpc) is 3.15. The van der Waals surface area contributed by atoms with Gasteiger partial charge in [-0.2, -0.15) is 13.2 Å². The van der Waals surface area contributed by atoms with Crippen molar-refractivity contribution in [3.63, 3.8) is 0 Å². The number of nitrogens with zero attached hydrogens (tertiary/aromatic N) is 4. The lowest BCUT2D eigenvalue weighted by Crippen LogP contribution is -2.28. The normalized spacial score (nSPS) is 13.9. The van der Waals surface area contributed by atoms with Crippen molar-refractivity contribution < 1.29 is 27.1 Å². The molecule has 220 valence electrons. The molecule has 0 radical (unpaired) electrons. The number of alkyl halides is 3. The monoisotopic (exact) mass is 601 g/mol. The van der Waals surface area contributed by atoms with Gasteiger partial charge < -0.3 is 25.6 Å². The molecular weight excluding hydrogens is 574 g/mol. The number of nitrogens with one attached hydrogen (secondary N) is 3. The number of methoxy groups -OCH3 is 1. The molecule has 0 spiro atoms. The van der Waals surface area contributed by atoms with Crippen LogP contribution in [0.3, 0.4) is 0 Å². The van der Waals surface area contributed by atoms with Crippen LogP contribution in [0.25, 0.3) is 10.6 Å². The molecule has 0 bridgehead atoms. The van der Waals surface area contributed by atoms with E-state index in [-0.39, 0.29) is 32.8 Å². The van der Waals surface area contributed by atoms with E-state index in [0.29, 0.717) is 30.2 Å². The van der Waals surface area contributed by atoms with Crippen LogP contribution in [0.2, 0.25) is 0 Å². The Morgan fingerprint density at radius 3 is 2.55 bits per heavy atom. The Balaban J connectivity index is 1.36. The highest BCUT2D eigenvalue weighted by Gasteiger charge is 2.38. The van der Waals surface area contributed by atoms with Gasteiger partial charge in [0, 0.05) is 37.2 Å². The van der Waals surface area contributed by atoms with Gasteiger partial charge in [0.2, 0.25) is 5.95 Å². The van der Waals surface area contributed by atoms with E-state index >= 15 is 0 Å². The number of aryl methyl sites for hydroxylation is 1. The maximum Gasteiger partial charge on any atom is 0.434 e. The van der Waals surface area contributed by atoms with E-state index in [1.54, 1.807) is 36.4 Å². The van der Waals surface area contributed by atoms with Crippen molar-refractivity contribution in [3.8, 4) is 16.3 Å². The number of thiazole rings is 1. The number of anilines is 4. The topological polar surface area (TPSA) is 104 Å². The van der Waals surface area contributed by atoms with Gasteiger partial charge in [-0.15, -0.1) is 11.3 Å². The molecule has 3 heterocycles. The van der Waals surface area contributed by atoms with Crippen molar-refractivity contribution in [1.29, 1.82) is 0 Å². The Morgan fingerprint density at radius 2 is 1.83 bits per heavy atom. The molecule has 1 amide bonds. The van der Waals surface area contributed by atoms with E-state index in [9.17, 15) is 22.4 Å². The van der Waals surface area contributed by atoms with E-state index in [0.717, 1.165) is 37.0 Å². The molecule has 1 aliphatic heterocycles. The van der Waals surface area contributed by atoms with Gasteiger partial charge in [0.25, 0.3) is 5.91 Å². The Hall–Kier alpha value is -4.30. The molecule has 0 aliphatic carbocycles. The fourth-order valence-electron chi connectivity index (χ4n) is 4.46. The Kier molecular flexibility index (Phi) is 8.54. The Bertz CT molecular complexity index is 1570. The van der Waals surface area contributed by atoms with Crippen LogP contribution in [-0.2, 0) is 6.18 Å². The first kappa shape index (κ1) is 29.2. The van der Waals surface area contributed by atoms with E-state index < -0.39 is 23.6 Å². The number of ether oxygens (including phenoxy) is 1. The van der Waals surface area contributed by atoms with Gasteiger partial charge in [-0.25, -0.2) is 19.3 Å². The zero-order valence-corrected chi connectivity index (χ0v) is 23.5. The van der Waals surface area contributed by atoms with E-state index in [2.05, 4.69) is 30.9 Å². The number of aromatic nitrogens is 3. The number of amides is 1. The molecule has 2 aromatic heterocycles. The van der Waals surface area contributed by atoms with Crippen molar-refractivity contribution in [2.75, 3.05) is 48.8 Å². The van der Waals surface area contributed by atoms with Crippen LogP contribution in [0.5, 0.6) is 5.75 Å². The van der Waals surface area contributed by atoms with E-state index in [1.807, 2.05) is 4.90 Å². The fourth-order valence-corrected chi connectivity index (χ4v) is 5.43. The summed E-state index contributed by atoms with van der Waals surface area (Å²) >= 11 is 0.770. The molecule has 4 aromatic rings. The summed E-state index contributed by atoms with van der Waals surface area (Å²) in [5, 5.41) is 8.56.